The molecule has 106 valence electrons. The summed E-state index contributed by atoms with van der Waals surface area (Å²) in [5.41, 5.74) is 1.38. The number of furan rings is 1. The van der Waals surface area contributed by atoms with Crippen LogP contribution in [0.3, 0.4) is 0 Å². The number of aryl methyl sites for hydroxylation is 2. The molecule has 2 aromatic rings. The van der Waals surface area contributed by atoms with Crippen LogP contribution in [0.1, 0.15) is 40.5 Å². The Labute approximate surface area is 117 Å². The van der Waals surface area contributed by atoms with Crippen molar-refractivity contribution in [2.45, 2.75) is 26.8 Å². The van der Waals surface area contributed by atoms with Crippen LogP contribution in [-0.4, -0.2) is 23.2 Å². The van der Waals surface area contributed by atoms with Crippen LogP contribution < -0.4 is 10.6 Å². The van der Waals surface area contributed by atoms with Gasteiger partial charge in [0.25, 0.3) is 5.91 Å². The van der Waals surface area contributed by atoms with E-state index in [9.17, 15) is 4.79 Å². The normalized spacial score (nSPS) is 12.0. The van der Waals surface area contributed by atoms with Gasteiger partial charge in [0, 0.05) is 12.6 Å². The molecule has 0 saturated carbocycles. The lowest BCUT2D eigenvalue weighted by Gasteiger charge is -2.13. The SMILES string of the molecule is CNC(=O)c1ccc(NC(C)c2cc(C)oc2C)nn1. The van der Waals surface area contributed by atoms with Crippen molar-refractivity contribution in [2.24, 2.45) is 0 Å². The molecule has 0 aliphatic rings. The predicted molar refractivity (Wildman–Crippen MR) is 75.6 cm³/mol. The smallest absolute Gasteiger partial charge is 0.271 e. The maximum absolute atomic E-state index is 11.4. The molecule has 0 aromatic carbocycles. The molecule has 1 unspecified atom stereocenters. The lowest BCUT2D eigenvalue weighted by Crippen LogP contribution is -2.20. The van der Waals surface area contributed by atoms with E-state index in [1.54, 1.807) is 19.2 Å². The summed E-state index contributed by atoms with van der Waals surface area (Å²) in [6.07, 6.45) is 0. The number of aromatic nitrogens is 2. The van der Waals surface area contributed by atoms with Gasteiger partial charge in [0.2, 0.25) is 0 Å². The van der Waals surface area contributed by atoms with Gasteiger partial charge in [-0.05, 0) is 39.0 Å². The number of carbonyl (C=O) groups is 1. The van der Waals surface area contributed by atoms with E-state index in [1.807, 2.05) is 26.8 Å². The average Bonchev–Trinajstić information content (AvgIpc) is 2.78. The summed E-state index contributed by atoms with van der Waals surface area (Å²) in [5.74, 6) is 2.13. The second-order valence-electron chi connectivity index (χ2n) is 4.62. The molecule has 1 amide bonds. The molecule has 1 atom stereocenters. The van der Waals surface area contributed by atoms with Crippen LogP contribution in [0.4, 0.5) is 5.82 Å². The molecule has 2 rings (SSSR count). The fourth-order valence-corrected chi connectivity index (χ4v) is 2.04. The Bertz CT molecular complexity index is 604. The van der Waals surface area contributed by atoms with Gasteiger partial charge in [0.1, 0.15) is 17.3 Å². The molecule has 0 fully saturated rings. The van der Waals surface area contributed by atoms with Gasteiger partial charge in [-0.25, -0.2) is 0 Å². The van der Waals surface area contributed by atoms with Crippen LogP contribution in [-0.2, 0) is 0 Å². The van der Waals surface area contributed by atoms with E-state index in [0.717, 1.165) is 17.1 Å². The van der Waals surface area contributed by atoms with Crippen molar-refractivity contribution in [2.75, 3.05) is 12.4 Å². The first kappa shape index (κ1) is 14.0. The standard InChI is InChI=1S/C14H18N4O2/c1-8-7-11(10(3)20-8)9(2)16-13-6-5-12(17-18-13)14(19)15-4/h5-7,9H,1-4H3,(H,15,19)(H,16,18). The monoisotopic (exact) mass is 274 g/mol. The Hall–Kier alpha value is -2.37. The minimum atomic E-state index is -0.251. The summed E-state index contributed by atoms with van der Waals surface area (Å²) in [7, 11) is 1.56. The average molecular weight is 274 g/mol. The lowest BCUT2D eigenvalue weighted by atomic mass is 10.1. The number of hydrogen-bond acceptors (Lipinski definition) is 5. The summed E-state index contributed by atoms with van der Waals surface area (Å²) in [5, 5.41) is 13.6. The molecule has 6 heteroatoms. The van der Waals surface area contributed by atoms with E-state index >= 15 is 0 Å². The minimum absolute atomic E-state index is 0.0487. The van der Waals surface area contributed by atoms with Crippen LogP contribution in [0.2, 0.25) is 0 Å². The third-order valence-electron chi connectivity index (χ3n) is 3.03. The van der Waals surface area contributed by atoms with Crippen molar-refractivity contribution in [1.29, 1.82) is 0 Å². The highest BCUT2D eigenvalue weighted by Gasteiger charge is 2.13. The number of nitrogens with zero attached hydrogens (tertiary/aromatic N) is 2. The number of hydrogen-bond donors (Lipinski definition) is 2. The molecular weight excluding hydrogens is 256 g/mol. The summed E-state index contributed by atoms with van der Waals surface area (Å²) >= 11 is 0. The number of rotatable bonds is 4. The number of amides is 1. The van der Waals surface area contributed by atoms with Crippen molar-refractivity contribution >= 4 is 11.7 Å². The van der Waals surface area contributed by atoms with Crippen LogP contribution >= 0.6 is 0 Å². The first-order valence-corrected chi connectivity index (χ1v) is 6.40. The van der Waals surface area contributed by atoms with E-state index in [4.69, 9.17) is 4.42 Å². The summed E-state index contributed by atoms with van der Waals surface area (Å²) < 4.78 is 5.51. The van der Waals surface area contributed by atoms with Gasteiger partial charge in [-0.1, -0.05) is 0 Å². The van der Waals surface area contributed by atoms with Gasteiger partial charge < -0.3 is 15.1 Å². The van der Waals surface area contributed by atoms with Crippen LogP contribution in [0, 0.1) is 13.8 Å². The Morgan fingerprint density at radius 2 is 2.05 bits per heavy atom. The first-order chi connectivity index (χ1) is 9.51. The Morgan fingerprint density at radius 3 is 2.55 bits per heavy atom. The third kappa shape index (κ3) is 2.96. The van der Waals surface area contributed by atoms with Crippen LogP contribution in [0.5, 0.6) is 0 Å². The second kappa shape index (κ2) is 5.73. The van der Waals surface area contributed by atoms with Crippen LogP contribution in [0.15, 0.2) is 22.6 Å². The van der Waals surface area contributed by atoms with E-state index in [1.165, 1.54) is 0 Å². The van der Waals surface area contributed by atoms with E-state index in [-0.39, 0.29) is 11.9 Å². The second-order valence-corrected chi connectivity index (χ2v) is 4.62. The van der Waals surface area contributed by atoms with Crippen molar-refractivity contribution in [3.63, 3.8) is 0 Å². The molecule has 2 heterocycles. The van der Waals surface area contributed by atoms with E-state index in [2.05, 4.69) is 20.8 Å². The van der Waals surface area contributed by atoms with Crippen molar-refractivity contribution < 1.29 is 9.21 Å². The molecule has 0 spiro atoms. The van der Waals surface area contributed by atoms with Crippen LogP contribution in [0.25, 0.3) is 0 Å². The Balaban J connectivity index is 2.10. The van der Waals surface area contributed by atoms with Crippen molar-refractivity contribution in [3.8, 4) is 0 Å². The summed E-state index contributed by atoms with van der Waals surface area (Å²) in [4.78, 5) is 11.4. The number of carbonyl (C=O) groups excluding carboxylic acids is 1. The predicted octanol–water partition coefficient (Wildman–Crippen LogP) is 2.22. The largest absolute Gasteiger partial charge is 0.466 e. The highest BCUT2D eigenvalue weighted by atomic mass is 16.3. The zero-order chi connectivity index (χ0) is 14.7. The lowest BCUT2D eigenvalue weighted by molar-refractivity contribution is 0.0957. The molecule has 0 bridgehead atoms. The fourth-order valence-electron chi connectivity index (χ4n) is 2.04. The summed E-state index contributed by atoms with van der Waals surface area (Å²) in [6, 6.07) is 5.41. The molecule has 20 heavy (non-hydrogen) atoms. The third-order valence-corrected chi connectivity index (χ3v) is 3.03. The van der Waals surface area contributed by atoms with Gasteiger partial charge in [-0.2, -0.15) is 0 Å². The van der Waals surface area contributed by atoms with Crippen molar-refractivity contribution in [1.82, 2.24) is 15.5 Å². The van der Waals surface area contributed by atoms with Gasteiger partial charge in [0.05, 0.1) is 6.04 Å². The first-order valence-electron chi connectivity index (χ1n) is 6.40. The van der Waals surface area contributed by atoms with Gasteiger partial charge in [-0.3, -0.25) is 4.79 Å². The maximum atomic E-state index is 11.4. The molecule has 0 aliphatic heterocycles. The van der Waals surface area contributed by atoms with E-state index < -0.39 is 0 Å². The quantitative estimate of drug-likeness (QED) is 0.893. The molecule has 2 N–H and O–H groups in total. The summed E-state index contributed by atoms with van der Waals surface area (Å²) in [6.45, 7) is 5.87. The molecule has 0 radical (unpaired) electrons. The highest BCUT2D eigenvalue weighted by Crippen LogP contribution is 2.23. The van der Waals surface area contributed by atoms with E-state index in [0.29, 0.717) is 11.5 Å². The van der Waals surface area contributed by atoms with Crippen molar-refractivity contribution in [3.05, 3.63) is 41.0 Å². The number of anilines is 1. The van der Waals surface area contributed by atoms with Gasteiger partial charge in [0.15, 0.2) is 5.69 Å². The van der Waals surface area contributed by atoms with Gasteiger partial charge in [-0.15, -0.1) is 10.2 Å². The fraction of sp³-hybridized carbons (Fsp3) is 0.357. The molecule has 2 aromatic heterocycles. The topological polar surface area (TPSA) is 80.0 Å². The Kier molecular flexibility index (Phi) is 4.02. The molecule has 0 aliphatic carbocycles. The zero-order valence-corrected chi connectivity index (χ0v) is 12.0. The molecule has 6 nitrogen and oxygen atoms in total. The minimum Gasteiger partial charge on any atom is -0.466 e. The maximum Gasteiger partial charge on any atom is 0.271 e. The van der Waals surface area contributed by atoms with Gasteiger partial charge >= 0.3 is 0 Å². The highest BCUT2D eigenvalue weighted by molar-refractivity contribution is 5.91. The zero-order valence-electron chi connectivity index (χ0n) is 12.0. The molecular formula is C14H18N4O2. The number of nitrogens with one attached hydrogen (secondary N) is 2. The molecule has 0 saturated heterocycles. The Morgan fingerprint density at radius 1 is 1.30 bits per heavy atom.